The fraction of sp³-hybridized carbons (Fsp3) is 0.528. The van der Waals surface area contributed by atoms with Gasteiger partial charge in [-0.2, -0.15) is 0 Å². The van der Waals surface area contributed by atoms with Crippen LogP contribution in [0, 0.1) is 17.3 Å². The van der Waals surface area contributed by atoms with E-state index in [1.165, 1.54) is 39.8 Å². The molecule has 49 heavy (non-hydrogen) atoms. The zero-order valence-electron chi connectivity index (χ0n) is 27.0. The van der Waals surface area contributed by atoms with Crippen molar-refractivity contribution in [2.24, 2.45) is 17.3 Å². The van der Waals surface area contributed by atoms with Crippen molar-refractivity contribution in [1.82, 2.24) is 4.98 Å². The number of benzene rings is 1. The van der Waals surface area contributed by atoms with Crippen LogP contribution in [0.3, 0.4) is 0 Å². The molecule has 2 aromatic rings. The van der Waals surface area contributed by atoms with Crippen molar-refractivity contribution < 1.29 is 44.6 Å². The molecule has 4 aliphatic carbocycles. The minimum atomic E-state index is -2.18. The SMILES string of the molecule is CC1=CC2C(=O)c3cccc4c3C(=O)C2(CSSCNc2cc3c(cn2)CCC2CCCC32CC2(O)C(O)C(CO)OC(O4)C2O)C(O)=C1. The maximum atomic E-state index is 14.7. The third kappa shape index (κ3) is 4.87. The second kappa shape index (κ2) is 12.1. The zero-order chi connectivity index (χ0) is 34.3. The summed E-state index contributed by atoms with van der Waals surface area (Å²) < 4.78 is 12.2. The number of carbonyl (C=O) groups excluding carboxylic acids is 2. The summed E-state index contributed by atoms with van der Waals surface area (Å²) in [6, 6.07) is 6.60. The lowest BCUT2D eigenvalue weighted by Crippen LogP contribution is -2.70. The van der Waals surface area contributed by atoms with Gasteiger partial charge in [0.2, 0.25) is 6.29 Å². The first kappa shape index (κ1) is 33.2. The molecule has 1 aromatic carbocycles. The minimum absolute atomic E-state index is 0.0206. The highest BCUT2D eigenvalue weighted by molar-refractivity contribution is 8.76. The first-order valence-corrected chi connectivity index (χ1v) is 19.3. The third-order valence-electron chi connectivity index (χ3n) is 11.9. The summed E-state index contributed by atoms with van der Waals surface area (Å²) in [4.78, 5) is 33.6. The Hall–Kier alpha value is -2.91. The number of hydrogen-bond acceptors (Lipinski definition) is 13. The molecule has 2 spiro atoms. The van der Waals surface area contributed by atoms with Gasteiger partial charge in [-0.1, -0.05) is 51.8 Å². The molecule has 6 aliphatic rings. The summed E-state index contributed by atoms with van der Waals surface area (Å²) in [6.45, 7) is 1.09. The van der Waals surface area contributed by atoms with E-state index in [9.17, 15) is 35.1 Å². The number of nitrogens with one attached hydrogen (secondary N) is 1. The van der Waals surface area contributed by atoms with Crippen molar-refractivity contribution in [3.63, 3.8) is 0 Å². The molecule has 9 unspecified atom stereocenters. The smallest absolute Gasteiger partial charge is 0.229 e. The maximum Gasteiger partial charge on any atom is 0.229 e. The van der Waals surface area contributed by atoms with E-state index in [2.05, 4.69) is 10.3 Å². The largest absolute Gasteiger partial charge is 0.511 e. The minimum Gasteiger partial charge on any atom is -0.511 e. The number of fused-ring (bicyclic) bond motifs is 3. The molecule has 2 fully saturated rings. The maximum absolute atomic E-state index is 14.7. The molecule has 8 rings (SSSR count). The van der Waals surface area contributed by atoms with Crippen LogP contribution in [-0.4, -0.2) is 90.5 Å². The fourth-order valence-corrected chi connectivity index (χ4v) is 11.7. The van der Waals surface area contributed by atoms with Crippen LogP contribution in [0.5, 0.6) is 5.75 Å². The summed E-state index contributed by atoms with van der Waals surface area (Å²) >= 11 is 0. The summed E-state index contributed by atoms with van der Waals surface area (Å²) in [5.74, 6) is -0.793. The Morgan fingerprint density at radius 3 is 2.80 bits per heavy atom. The lowest BCUT2D eigenvalue weighted by molar-refractivity contribution is -0.319. The van der Waals surface area contributed by atoms with Crippen molar-refractivity contribution in [2.45, 2.75) is 81.1 Å². The van der Waals surface area contributed by atoms with Crippen LogP contribution in [0.1, 0.15) is 70.9 Å². The van der Waals surface area contributed by atoms with E-state index in [1.807, 2.05) is 12.3 Å². The van der Waals surface area contributed by atoms with Crippen molar-refractivity contribution in [2.75, 3.05) is 23.6 Å². The molecular formula is C36H40N2O9S2. The predicted molar refractivity (Wildman–Crippen MR) is 184 cm³/mol. The van der Waals surface area contributed by atoms with E-state index in [1.54, 1.807) is 19.1 Å². The number of ketones is 2. The Labute approximate surface area is 291 Å². The summed E-state index contributed by atoms with van der Waals surface area (Å²) in [6.07, 6.45) is 2.93. The summed E-state index contributed by atoms with van der Waals surface area (Å²) in [5, 5.41) is 61.3. The molecule has 3 heterocycles. The van der Waals surface area contributed by atoms with Gasteiger partial charge in [0.25, 0.3) is 0 Å². The number of nitrogens with zero attached hydrogens (tertiary/aromatic N) is 1. The number of ether oxygens (including phenoxy) is 2. The number of aromatic nitrogens is 1. The molecule has 6 N–H and O–H groups in total. The Morgan fingerprint density at radius 2 is 1.98 bits per heavy atom. The average molecular weight is 709 g/mol. The molecule has 11 nitrogen and oxygen atoms in total. The molecule has 13 heteroatoms. The van der Waals surface area contributed by atoms with Gasteiger partial charge in [0, 0.05) is 22.9 Å². The summed E-state index contributed by atoms with van der Waals surface area (Å²) in [7, 11) is 2.81. The molecule has 0 amide bonds. The predicted octanol–water partition coefficient (Wildman–Crippen LogP) is 3.85. The lowest BCUT2D eigenvalue weighted by atomic mass is 9.59. The van der Waals surface area contributed by atoms with Gasteiger partial charge in [-0.15, -0.1) is 0 Å². The van der Waals surface area contributed by atoms with Gasteiger partial charge in [-0.25, -0.2) is 4.98 Å². The standard InChI is InChI=1S/C36H40N2O9S2/c1-18-10-23-29(41)21-5-2-6-24-28(21)31(43)35(23,26(40)11-18)16-48-49-17-38-27-12-22-19(13-37-27)7-8-20-4-3-9-34(20,22)15-36(45)30(42)25(14-39)47-33(46-24)32(36)44/h2,5-6,10-13,20,23,25,30,32-33,39-40,42,44-45H,3-4,7-9,14-17H2,1H3,(H,37,38). The molecule has 260 valence electrons. The van der Waals surface area contributed by atoms with Crippen molar-refractivity contribution in [3.8, 4) is 5.75 Å². The van der Waals surface area contributed by atoms with Crippen molar-refractivity contribution in [1.29, 1.82) is 0 Å². The topological polar surface area (TPSA) is 179 Å². The normalized spacial score (nSPS) is 38.5. The van der Waals surface area contributed by atoms with Crippen LogP contribution in [0.25, 0.3) is 0 Å². The number of Topliss-reactive ketones (excluding diaryl/α,β-unsaturated/α-hetero) is 2. The van der Waals surface area contributed by atoms with Gasteiger partial charge in [-0.3, -0.25) is 9.59 Å². The first-order valence-electron chi connectivity index (χ1n) is 16.8. The van der Waals surface area contributed by atoms with Crippen molar-refractivity contribution in [3.05, 3.63) is 76.2 Å². The van der Waals surface area contributed by atoms with Crippen molar-refractivity contribution >= 4 is 39.0 Å². The second-order valence-corrected chi connectivity index (χ2v) is 16.8. The Bertz CT molecular complexity index is 1780. The van der Waals surface area contributed by atoms with Crippen LogP contribution in [-0.2, 0) is 16.6 Å². The highest BCUT2D eigenvalue weighted by atomic mass is 33.1. The highest BCUT2D eigenvalue weighted by Crippen LogP contribution is 2.58. The summed E-state index contributed by atoms with van der Waals surface area (Å²) in [5.41, 5.74) is -1.58. The Kier molecular flexibility index (Phi) is 8.21. The van der Waals surface area contributed by atoms with E-state index in [-0.39, 0.29) is 46.5 Å². The lowest BCUT2D eigenvalue weighted by Gasteiger charge is -2.53. The van der Waals surface area contributed by atoms with Crippen LogP contribution in [0.15, 0.2) is 53.9 Å². The Morgan fingerprint density at radius 1 is 1.14 bits per heavy atom. The van der Waals surface area contributed by atoms with Gasteiger partial charge in [0.1, 0.15) is 46.7 Å². The van der Waals surface area contributed by atoms with E-state index < -0.39 is 59.3 Å². The number of allylic oxidation sites excluding steroid dienone is 4. The number of anilines is 1. The van der Waals surface area contributed by atoms with E-state index >= 15 is 0 Å². The molecular weight excluding hydrogens is 669 g/mol. The molecule has 2 aliphatic heterocycles. The van der Waals surface area contributed by atoms with E-state index in [4.69, 9.17) is 9.47 Å². The van der Waals surface area contributed by atoms with Gasteiger partial charge in [0.15, 0.2) is 11.6 Å². The Balaban J connectivity index is 1.28. The number of aryl methyl sites for hydroxylation is 1. The molecule has 0 radical (unpaired) electrons. The van der Waals surface area contributed by atoms with Gasteiger partial charge < -0.3 is 40.3 Å². The van der Waals surface area contributed by atoms with Crippen LogP contribution in [0.2, 0.25) is 0 Å². The van der Waals surface area contributed by atoms with Crippen LogP contribution in [0.4, 0.5) is 5.82 Å². The number of rotatable bonds is 1. The molecule has 6 bridgehead atoms. The van der Waals surface area contributed by atoms with Gasteiger partial charge in [-0.05, 0) is 74.3 Å². The zero-order valence-corrected chi connectivity index (χ0v) is 28.6. The monoisotopic (exact) mass is 708 g/mol. The number of carbonyl (C=O) groups is 2. The van der Waals surface area contributed by atoms with E-state index in [0.717, 1.165) is 43.2 Å². The highest BCUT2D eigenvalue weighted by Gasteiger charge is 2.62. The second-order valence-electron chi connectivity index (χ2n) is 14.4. The fourth-order valence-electron chi connectivity index (χ4n) is 9.43. The van der Waals surface area contributed by atoms with Crippen LogP contribution < -0.4 is 10.1 Å². The number of aliphatic hydroxyl groups excluding tert-OH is 4. The third-order valence-corrected chi connectivity index (χ3v) is 14.1. The molecule has 1 saturated carbocycles. The molecule has 1 saturated heterocycles. The molecule has 1 aromatic heterocycles. The number of hydrogen-bond donors (Lipinski definition) is 6. The average Bonchev–Trinajstić information content (AvgIpc) is 3.51. The van der Waals surface area contributed by atoms with E-state index in [0.29, 0.717) is 17.3 Å². The quantitative estimate of drug-likeness (QED) is 0.236. The van der Waals surface area contributed by atoms with Crippen LogP contribution >= 0.6 is 21.6 Å². The number of aliphatic hydroxyl groups is 5. The number of pyridine rings is 1. The van der Waals surface area contributed by atoms with Gasteiger partial charge >= 0.3 is 0 Å². The van der Waals surface area contributed by atoms with Gasteiger partial charge in [0.05, 0.1) is 24.0 Å². The molecule has 9 atom stereocenters. The first-order chi connectivity index (χ1) is 23.5.